The van der Waals surface area contributed by atoms with Crippen LogP contribution >= 0.6 is 0 Å². The van der Waals surface area contributed by atoms with E-state index < -0.39 is 0 Å². The molecule has 3 aromatic rings. The highest BCUT2D eigenvalue weighted by atomic mass is 19.1. The third kappa shape index (κ3) is 4.52. The second kappa shape index (κ2) is 9.16. The summed E-state index contributed by atoms with van der Waals surface area (Å²) >= 11 is 0. The molecule has 0 N–H and O–H groups in total. The summed E-state index contributed by atoms with van der Waals surface area (Å²) in [5, 5.41) is 0. The van der Waals surface area contributed by atoms with Crippen molar-refractivity contribution in [2.75, 3.05) is 32.8 Å². The summed E-state index contributed by atoms with van der Waals surface area (Å²) in [5.74, 6) is -0.723. The number of benzene rings is 1. The van der Waals surface area contributed by atoms with Crippen LogP contribution in [0.5, 0.6) is 0 Å². The summed E-state index contributed by atoms with van der Waals surface area (Å²) in [7, 11) is 0. The number of halogens is 1. The lowest BCUT2D eigenvalue weighted by Gasteiger charge is -2.34. The topological polar surface area (TPSA) is 67.2 Å². The van der Waals surface area contributed by atoms with Crippen molar-refractivity contribution >= 4 is 17.6 Å². The maximum atomic E-state index is 14.0. The van der Waals surface area contributed by atoms with Gasteiger partial charge in [0.05, 0.1) is 12.3 Å². The maximum Gasteiger partial charge on any atom is 0.409 e. The molecule has 3 heterocycles. The fraction of sp³-hybridized carbons (Fsp3) is 0.348. The molecule has 1 atom stereocenters. The minimum atomic E-state index is -0.349. The van der Waals surface area contributed by atoms with Gasteiger partial charge in [0.25, 0.3) is 0 Å². The van der Waals surface area contributed by atoms with Crippen LogP contribution in [0.1, 0.15) is 30.5 Å². The van der Waals surface area contributed by atoms with Crippen molar-refractivity contribution in [2.45, 2.75) is 19.3 Å². The Bertz CT molecular complexity index is 1080. The van der Waals surface area contributed by atoms with Gasteiger partial charge >= 0.3 is 6.09 Å². The van der Waals surface area contributed by atoms with Crippen molar-refractivity contribution in [1.29, 1.82) is 0 Å². The Hall–Kier alpha value is -3.42. The van der Waals surface area contributed by atoms with Gasteiger partial charge in [0, 0.05) is 50.9 Å². The molecule has 2 amide bonds. The predicted octanol–water partition coefficient (Wildman–Crippen LogP) is 3.30. The van der Waals surface area contributed by atoms with Crippen molar-refractivity contribution in [3.63, 3.8) is 0 Å². The van der Waals surface area contributed by atoms with E-state index in [1.54, 1.807) is 29.0 Å². The van der Waals surface area contributed by atoms with Gasteiger partial charge in [-0.05, 0) is 36.8 Å². The van der Waals surface area contributed by atoms with Gasteiger partial charge in [0.15, 0.2) is 0 Å². The lowest BCUT2D eigenvalue weighted by atomic mass is 9.92. The highest BCUT2D eigenvalue weighted by Gasteiger charge is 2.28. The van der Waals surface area contributed by atoms with Crippen LogP contribution in [0.4, 0.5) is 9.18 Å². The Morgan fingerprint density at radius 3 is 2.61 bits per heavy atom. The molecular weight excluding hydrogens is 399 g/mol. The van der Waals surface area contributed by atoms with Gasteiger partial charge in [-0.15, -0.1) is 0 Å². The molecule has 1 fully saturated rings. The smallest absolute Gasteiger partial charge is 0.409 e. The fourth-order valence-corrected chi connectivity index (χ4v) is 3.98. The summed E-state index contributed by atoms with van der Waals surface area (Å²) in [4.78, 5) is 32.9. The molecule has 1 aliphatic heterocycles. The van der Waals surface area contributed by atoms with Crippen LogP contribution in [0.15, 0.2) is 54.9 Å². The van der Waals surface area contributed by atoms with E-state index >= 15 is 0 Å². The number of ether oxygens (including phenoxy) is 1. The van der Waals surface area contributed by atoms with Gasteiger partial charge < -0.3 is 18.9 Å². The molecule has 0 radical (unpaired) electrons. The number of hydrogen-bond acceptors (Lipinski definition) is 4. The summed E-state index contributed by atoms with van der Waals surface area (Å²) in [6.07, 6.45) is 3.48. The van der Waals surface area contributed by atoms with Crippen LogP contribution in [0, 0.1) is 5.82 Å². The molecule has 162 valence electrons. The van der Waals surface area contributed by atoms with E-state index in [4.69, 9.17) is 4.74 Å². The van der Waals surface area contributed by atoms with E-state index in [-0.39, 0.29) is 30.2 Å². The maximum absolute atomic E-state index is 14.0. The quantitative estimate of drug-likeness (QED) is 0.630. The third-order valence-electron chi connectivity index (χ3n) is 5.59. The number of fused-ring (bicyclic) bond motifs is 1. The zero-order valence-corrected chi connectivity index (χ0v) is 17.4. The van der Waals surface area contributed by atoms with Crippen molar-refractivity contribution in [1.82, 2.24) is 19.2 Å². The molecular formula is C23H25FN4O3. The van der Waals surface area contributed by atoms with Crippen LogP contribution in [0.3, 0.4) is 0 Å². The zero-order valence-electron chi connectivity index (χ0n) is 17.4. The van der Waals surface area contributed by atoms with Gasteiger partial charge in [-0.25, -0.2) is 14.2 Å². The average Bonchev–Trinajstić information content (AvgIpc) is 3.21. The number of amides is 2. The monoisotopic (exact) mass is 424 g/mol. The summed E-state index contributed by atoms with van der Waals surface area (Å²) in [6.45, 7) is 3.86. The Morgan fingerprint density at radius 1 is 1.10 bits per heavy atom. The standard InChI is InChI=1S/C23H25FN4O3/c1-2-31-23(30)27-12-10-26(11-13-27)22(29)15-19(17-6-5-7-18(24)14-17)20-16-25-21-8-3-4-9-28(20)21/h3-9,14,16,19H,2,10-13,15H2,1H3. The third-order valence-corrected chi connectivity index (χ3v) is 5.59. The first-order valence-corrected chi connectivity index (χ1v) is 10.4. The van der Waals surface area contributed by atoms with Crippen LogP contribution in [0.2, 0.25) is 0 Å². The number of carbonyl (C=O) groups is 2. The molecule has 1 unspecified atom stereocenters. The number of rotatable bonds is 5. The largest absolute Gasteiger partial charge is 0.450 e. The summed E-state index contributed by atoms with van der Waals surface area (Å²) < 4.78 is 21.0. The average molecular weight is 424 g/mol. The molecule has 2 aromatic heterocycles. The minimum absolute atomic E-state index is 0.0383. The lowest BCUT2D eigenvalue weighted by Crippen LogP contribution is -2.51. The number of pyridine rings is 1. The molecule has 1 saturated heterocycles. The number of aromatic nitrogens is 2. The van der Waals surface area contributed by atoms with Crippen LogP contribution in [0.25, 0.3) is 5.65 Å². The summed E-state index contributed by atoms with van der Waals surface area (Å²) in [6, 6.07) is 12.0. The van der Waals surface area contributed by atoms with E-state index in [2.05, 4.69) is 4.98 Å². The zero-order chi connectivity index (χ0) is 21.8. The molecule has 31 heavy (non-hydrogen) atoms. The molecule has 0 aliphatic carbocycles. The van der Waals surface area contributed by atoms with Gasteiger partial charge in [0.2, 0.25) is 5.91 Å². The molecule has 4 rings (SSSR count). The normalized spacial score (nSPS) is 15.2. The molecule has 0 bridgehead atoms. The van der Waals surface area contributed by atoms with Gasteiger partial charge in [-0.1, -0.05) is 18.2 Å². The van der Waals surface area contributed by atoms with Crippen molar-refractivity contribution < 1.29 is 18.7 Å². The second-order valence-electron chi connectivity index (χ2n) is 7.49. The molecule has 8 heteroatoms. The first kappa shape index (κ1) is 20.8. The van der Waals surface area contributed by atoms with Gasteiger partial charge in [-0.3, -0.25) is 4.79 Å². The van der Waals surface area contributed by atoms with E-state index in [0.717, 1.165) is 16.9 Å². The van der Waals surface area contributed by atoms with Gasteiger partial charge in [-0.2, -0.15) is 0 Å². The molecule has 1 aliphatic rings. The Balaban J connectivity index is 1.55. The van der Waals surface area contributed by atoms with Crippen molar-refractivity contribution in [3.8, 4) is 0 Å². The van der Waals surface area contributed by atoms with E-state index in [0.29, 0.717) is 32.8 Å². The summed E-state index contributed by atoms with van der Waals surface area (Å²) in [5.41, 5.74) is 2.33. The Labute approximate surface area is 180 Å². The number of carbonyl (C=O) groups excluding carboxylic acids is 2. The first-order valence-electron chi connectivity index (χ1n) is 10.4. The number of piperazine rings is 1. The predicted molar refractivity (Wildman–Crippen MR) is 113 cm³/mol. The number of hydrogen-bond donors (Lipinski definition) is 0. The molecule has 0 spiro atoms. The number of imidazole rings is 1. The van der Waals surface area contributed by atoms with Crippen molar-refractivity contribution in [3.05, 3.63) is 71.9 Å². The molecule has 0 saturated carbocycles. The highest BCUT2D eigenvalue weighted by Crippen LogP contribution is 2.30. The molecule has 7 nitrogen and oxygen atoms in total. The van der Waals surface area contributed by atoms with Crippen LogP contribution in [-0.4, -0.2) is 64.0 Å². The SMILES string of the molecule is CCOC(=O)N1CCN(C(=O)CC(c2cccc(F)c2)c2cnc3ccccn23)CC1. The lowest BCUT2D eigenvalue weighted by molar-refractivity contribution is -0.133. The Morgan fingerprint density at radius 2 is 1.87 bits per heavy atom. The molecule has 1 aromatic carbocycles. The van der Waals surface area contributed by atoms with E-state index in [9.17, 15) is 14.0 Å². The van der Waals surface area contributed by atoms with Crippen LogP contribution < -0.4 is 0 Å². The minimum Gasteiger partial charge on any atom is -0.450 e. The second-order valence-corrected chi connectivity index (χ2v) is 7.49. The highest BCUT2D eigenvalue weighted by molar-refractivity contribution is 5.78. The first-order chi connectivity index (χ1) is 15.1. The van der Waals surface area contributed by atoms with Crippen LogP contribution in [-0.2, 0) is 9.53 Å². The van der Waals surface area contributed by atoms with Gasteiger partial charge in [0.1, 0.15) is 11.5 Å². The Kier molecular flexibility index (Phi) is 6.16. The van der Waals surface area contributed by atoms with Crippen molar-refractivity contribution in [2.24, 2.45) is 0 Å². The number of nitrogens with zero attached hydrogens (tertiary/aromatic N) is 4. The fourth-order valence-electron chi connectivity index (χ4n) is 3.98. The van der Waals surface area contributed by atoms with E-state index in [1.165, 1.54) is 12.1 Å². The van der Waals surface area contributed by atoms with E-state index in [1.807, 2.05) is 34.9 Å².